The van der Waals surface area contributed by atoms with Gasteiger partial charge in [0.1, 0.15) is 0 Å². The number of carbonyl (C=O) groups is 2. The number of carbonyl (C=O) groups excluding carboxylic acids is 2. The van der Waals surface area contributed by atoms with E-state index in [1.54, 1.807) is 31.2 Å². The van der Waals surface area contributed by atoms with E-state index < -0.39 is 29.1 Å². The van der Waals surface area contributed by atoms with Gasteiger partial charge in [-0.15, -0.1) is 0 Å². The van der Waals surface area contributed by atoms with Crippen LogP contribution in [-0.4, -0.2) is 30.5 Å². The Morgan fingerprint density at radius 2 is 1.89 bits per heavy atom. The number of hydrogen-bond donors (Lipinski definition) is 1. The second-order valence-corrected chi connectivity index (χ2v) is 6.00. The number of ether oxygens (including phenoxy) is 2. The Bertz CT molecular complexity index is 853. The van der Waals surface area contributed by atoms with Crippen LogP contribution in [0.5, 0.6) is 5.75 Å². The summed E-state index contributed by atoms with van der Waals surface area (Å²) in [6.07, 6.45) is 0. The summed E-state index contributed by atoms with van der Waals surface area (Å²) in [5.74, 6) is -1.29. The monoisotopic (exact) mass is 392 g/mol. The molecule has 0 aliphatic heterocycles. The molecule has 1 N–H and O–H groups in total. The highest BCUT2D eigenvalue weighted by atomic mass is 35.5. The average Bonchev–Trinajstić information content (AvgIpc) is 2.65. The van der Waals surface area contributed by atoms with E-state index in [1.807, 2.05) is 0 Å². The first-order valence-corrected chi connectivity index (χ1v) is 8.24. The number of benzene rings is 2. The molecule has 0 spiro atoms. The van der Waals surface area contributed by atoms with Gasteiger partial charge in [-0.2, -0.15) is 0 Å². The fourth-order valence-electron chi connectivity index (χ4n) is 2.29. The van der Waals surface area contributed by atoms with Crippen molar-refractivity contribution >= 4 is 29.2 Å². The van der Waals surface area contributed by atoms with Gasteiger partial charge in [0, 0.05) is 11.1 Å². The lowest BCUT2D eigenvalue weighted by Crippen LogP contribution is -2.31. The number of nitrogens with one attached hydrogen (secondary N) is 1. The van der Waals surface area contributed by atoms with Crippen molar-refractivity contribution < 1.29 is 24.0 Å². The Labute approximate surface area is 160 Å². The molecule has 2 rings (SSSR count). The van der Waals surface area contributed by atoms with Crippen molar-refractivity contribution in [2.24, 2.45) is 0 Å². The molecule has 0 fully saturated rings. The second kappa shape index (κ2) is 9.00. The van der Waals surface area contributed by atoms with Crippen LogP contribution in [0.3, 0.4) is 0 Å². The quantitative estimate of drug-likeness (QED) is 0.440. The summed E-state index contributed by atoms with van der Waals surface area (Å²) in [5.41, 5.74) is 0.426. The first kappa shape index (κ1) is 20.2. The Balaban J connectivity index is 2.02. The normalized spacial score (nSPS) is 11.4. The molecule has 2 aromatic carbocycles. The van der Waals surface area contributed by atoms with Gasteiger partial charge in [0.05, 0.1) is 23.6 Å². The van der Waals surface area contributed by atoms with Crippen LogP contribution in [-0.2, 0) is 9.53 Å². The molecule has 27 heavy (non-hydrogen) atoms. The van der Waals surface area contributed by atoms with Crippen molar-refractivity contribution in [1.29, 1.82) is 0 Å². The average molecular weight is 393 g/mol. The Kier molecular flexibility index (Phi) is 6.73. The van der Waals surface area contributed by atoms with Crippen molar-refractivity contribution in [1.82, 2.24) is 5.32 Å². The fraction of sp³-hybridized carbons (Fsp3) is 0.222. The number of nitro benzene ring substituents is 1. The van der Waals surface area contributed by atoms with Crippen molar-refractivity contribution in [3.63, 3.8) is 0 Å². The van der Waals surface area contributed by atoms with E-state index in [2.05, 4.69) is 10.1 Å². The van der Waals surface area contributed by atoms with Crippen molar-refractivity contribution in [2.75, 3.05) is 13.7 Å². The van der Waals surface area contributed by atoms with Crippen LogP contribution in [0.4, 0.5) is 5.69 Å². The highest BCUT2D eigenvalue weighted by molar-refractivity contribution is 6.30. The molecule has 0 saturated heterocycles. The van der Waals surface area contributed by atoms with Crippen LogP contribution < -0.4 is 10.1 Å². The number of nitro groups is 1. The topological polar surface area (TPSA) is 108 Å². The number of nitrogens with zero attached hydrogens (tertiary/aromatic N) is 1. The van der Waals surface area contributed by atoms with E-state index in [9.17, 15) is 19.7 Å². The molecular formula is C18H17ClN2O6. The van der Waals surface area contributed by atoms with Gasteiger partial charge in [0.2, 0.25) is 0 Å². The third kappa shape index (κ3) is 5.42. The molecule has 1 amide bonds. The van der Waals surface area contributed by atoms with Crippen LogP contribution in [0.25, 0.3) is 0 Å². The summed E-state index contributed by atoms with van der Waals surface area (Å²) >= 11 is 5.83. The van der Waals surface area contributed by atoms with Crippen molar-refractivity contribution in [3.05, 3.63) is 68.7 Å². The molecule has 9 heteroatoms. The highest BCUT2D eigenvalue weighted by Crippen LogP contribution is 2.28. The minimum Gasteiger partial charge on any atom is -0.477 e. The SMILES string of the molecule is COC(=O)c1ccc(OCC(=O)N[C@H](C)c2ccc(Cl)cc2)c([N+](=O)[O-])c1. The maximum atomic E-state index is 12.1. The smallest absolute Gasteiger partial charge is 0.338 e. The summed E-state index contributed by atoms with van der Waals surface area (Å²) in [5, 5.41) is 14.5. The predicted octanol–water partition coefficient (Wildman–Crippen LogP) is 3.29. The first-order valence-electron chi connectivity index (χ1n) is 7.86. The highest BCUT2D eigenvalue weighted by Gasteiger charge is 2.20. The summed E-state index contributed by atoms with van der Waals surface area (Å²) in [7, 11) is 1.17. The molecule has 0 aromatic heterocycles. The molecule has 0 aliphatic carbocycles. The van der Waals surface area contributed by atoms with Crippen molar-refractivity contribution in [2.45, 2.75) is 13.0 Å². The molecule has 142 valence electrons. The van der Waals surface area contributed by atoms with Crippen molar-refractivity contribution in [3.8, 4) is 5.75 Å². The van der Waals surface area contributed by atoms with Crippen LogP contribution in [0.1, 0.15) is 28.9 Å². The van der Waals surface area contributed by atoms with Crippen LogP contribution in [0, 0.1) is 10.1 Å². The molecule has 8 nitrogen and oxygen atoms in total. The minimum absolute atomic E-state index is 0.0114. The first-order chi connectivity index (χ1) is 12.8. The number of rotatable bonds is 7. The molecule has 2 aromatic rings. The van der Waals surface area contributed by atoms with Gasteiger partial charge < -0.3 is 14.8 Å². The van der Waals surface area contributed by atoms with E-state index in [0.717, 1.165) is 11.6 Å². The lowest BCUT2D eigenvalue weighted by atomic mass is 10.1. The zero-order chi connectivity index (χ0) is 20.0. The molecule has 0 aliphatic rings. The van der Waals surface area contributed by atoms with Gasteiger partial charge in [-0.3, -0.25) is 14.9 Å². The van der Waals surface area contributed by atoms with Crippen LogP contribution >= 0.6 is 11.6 Å². The summed E-state index contributed by atoms with van der Waals surface area (Å²) < 4.78 is 9.79. The molecule has 0 saturated carbocycles. The molecule has 0 unspecified atom stereocenters. The lowest BCUT2D eigenvalue weighted by molar-refractivity contribution is -0.385. The third-order valence-corrected chi connectivity index (χ3v) is 3.93. The fourth-order valence-corrected chi connectivity index (χ4v) is 2.41. The second-order valence-electron chi connectivity index (χ2n) is 5.56. The van der Waals surface area contributed by atoms with Gasteiger partial charge >= 0.3 is 11.7 Å². The number of esters is 1. The molecule has 0 heterocycles. The van der Waals surface area contributed by atoms with E-state index in [-0.39, 0.29) is 17.4 Å². The number of halogens is 1. The van der Waals surface area contributed by atoms with Crippen LogP contribution in [0.2, 0.25) is 5.02 Å². The molecular weight excluding hydrogens is 376 g/mol. The number of amides is 1. The standard InChI is InChI=1S/C18H17ClN2O6/c1-11(12-3-6-14(19)7-4-12)20-17(22)10-27-16-8-5-13(18(23)26-2)9-15(16)21(24)25/h3-9,11H,10H2,1-2H3,(H,20,22)/t11-/m1/s1. The van der Waals surface area contributed by atoms with Gasteiger partial charge in [-0.1, -0.05) is 23.7 Å². The van der Waals surface area contributed by atoms with E-state index in [0.29, 0.717) is 5.02 Å². The van der Waals surface area contributed by atoms with Gasteiger partial charge in [-0.05, 0) is 36.8 Å². The lowest BCUT2D eigenvalue weighted by Gasteiger charge is -2.15. The zero-order valence-electron chi connectivity index (χ0n) is 14.6. The largest absolute Gasteiger partial charge is 0.477 e. The van der Waals surface area contributed by atoms with Gasteiger partial charge in [0.15, 0.2) is 12.4 Å². The Morgan fingerprint density at radius 1 is 1.22 bits per heavy atom. The summed E-state index contributed by atoms with van der Waals surface area (Å²) in [6, 6.07) is 10.3. The number of methoxy groups -OCH3 is 1. The molecule has 1 atom stereocenters. The third-order valence-electron chi connectivity index (χ3n) is 3.68. The van der Waals surface area contributed by atoms with Gasteiger partial charge in [0.25, 0.3) is 5.91 Å². The summed E-state index contributed by atoms with van der Waals surface area (Å²) in [6.45, 7) is 1.37. The van der Waals surface area contributed by atoms with E-state index in [1.165, 1.54) is 19.2 Å². The predicted molar refractivity (Wildman–Crippen MR) is 97.9 cm³/mol. The minimum atomic E-state index is -0.709. The Morgan fingerprint density at radius 3 is 2.48 bits per heavy atom. The zero-order valence-corrected chi connectivity index (χ0v) is 15.4. The van der Waals surface area contributed by atoms with E-state index in [4.69, 9.17) is 16.3 Å². The molecule has 0 radical (unpaired) electrons. The summed E-state index contributed by atoms with van der Waals surface area (Å²) in [4.78, 5) is 34.0. The van der Waals surface area contributed by atoms with Gasteiger partial charge in [-0.25, -0.2) is 4.79 Å². The molecule has 0 bridgehead atoms. The Hall–Kier alpha value is -3.13. The number of hydrogen-bond acceptors (Lipinski definition) is 6. The van der Waals surface area contributed by atoms with Crippen LogP contribution in [0.15, 0.2) is 42.5 Å². The van der Waals surface area contributed by atoms with E-state index >= 15 is 0 Å². The maximum absolute atomic E-state index is 12.1. The maximum Gasteiger partial charge on any atom is 0.338 e.